The number of aliphatic imine (C=N–C) groups is 1. The number of aromatic nitrogens is 1. The van der Waals surface area contributed by atoms with Crippen molar-refractivity contribution in [3.63, 3.8) is 0 Å². The molecule has 4 N–H and O–H groups in total. The highest BCUT2D eigenvalue weighted by Gasteiger charge is 2.12. The zero-order valence-electron chi connectivity index (χ0n) is 12.1. The first-order chi connectivity index (χ1) is 11.1. The van der Waals surface area contributed by atoms with Crippen molar-refractivity contribution in [2.45, 2.75) is 6.54 Å². The second kappa shape index (κ2) is 7.69. The summed E-state index contributed by atoms with van der Waals surface area (Å²) in [7, 11) is 0. The second-order valence-electron chi connectivity index (χ2n) is 4.55. The second-order valence-corrected chi connectivity index (χ2v) is 4.55. The SMILES string of the molecule is NC(=NCc1ccc(F)cc1)/C(=C\Nc1ccccn1)C(=O)O. The van der Waals surface area contributed by atoms with Gasteiger partial charge < -0.3 is 16.2 Å². The van der Waals surface area contributed by atoms with Gasteiger partial charge in [-0.3, -0.25) is 4.99 Å². The molecule has 1 aromatic heterocycles. The summed E-state index contributed by atoms with van der Waals surface area (Å²) in [4.78, 5) is 19.3. The molecular formula is C16H15FN4O2. The van der Waals surface area contributed by atoms with E-state index in [2.05, 4.69) is 15.3 Å². The molecule has 0 amide bonds. The van der Waals surface area contributed by atoms with Gasteiger partial charge in [-0.25, -0.2) is 14.2 Å². The first-order valence-electron chi connectivity index (χ1n) is 6.72. The van der Waals surface area contributed by atoms with Gasteiger partial charge >= 0.3 is 5.97 Å². The number of nitrogens with zero attached hydrogens (tertiary/aromatic N) is 2. The monoisotopic (exact) mass is 314 g/mol. The minimum atomic E-state index is -1.21. The number of benzene rings is 1. The van der Waals surface area contributed by atoms with Gasteiger partial charge in [0.05, 0.1) is 6.54 Å². The third-order valence-corrected chi connectivity index (χ3v) is 2.88. The zero-order chi connectivity index (χ0) is 16.7. The number of halogens is 1. The average Bonchev–Trinajstić information content (AvgIpc) is 2.55. The smallest absolute Gasteiger partial charge is 0.340 e. The summed E-state index contributed by atoms with van der Waals surface area (Å²) < 4.78 is 12.8. The Labute approximate surface area is 132 Å². The molecule has 1 heterocycles. The fourth-order valence-electron chi connectivity index (χ4n) is 1.69. The first-order valence-corrected chi connectivity index (χ1v) is 6.72. The highest BCUT2D eigenvalue weighted by Crippen LogP contribution is 2.06. The summed E-state index contributed by atoms with van der Waals surface area (Å²) in [5, 5.41) is 12.0. The fraction of sp³-hybridized carbons (Fsp3) is 0.0625. The number of nitrogens with one attached hydrogen (secondary N) is 1. The van der Waals surface area contributed by atoms with Gasteiger partial charge in [0.2, 0.25) is 0 Å². The lowest BCUT2D eigenvalue weighted by atomic mass is 10.2. The molecule has 1 aromatic carbocycles. The molecule has 0 radical (unpaired) electrons. The van der Waals surface area contributed by atoms with Crippen LogP contribution in [0.2, 0.25) is 0 Å². The van der Waals surface area contributed by atoms with Crippen LogP contribution in [0.25, 0.3) is 0 Å². The number of carboxylic acid groups (broad SMARTS) is 1. The van der Waals surface area contributed by atoms with Crippen molar-refractivity contribution in [3.05, 3.63) is 71.8 Å². The summed E-state index contributed by atoms with van der Waals surface area (Å²) in [6.45, 7) is 0.153. The molecule has 0 aliphatic heterocycles. The molecule has 7 heteroatoms. The fourth-order valence-corrected chi connectivity index (χ4v) is 1.69. The Bertz CT molecular complexity index is 728. The quantitative estimate of drug-likeness (QED) is 0.431. The van der Waals surface area contributed by atoms with E-state index in [1.165, 1.54) is 18.3 Å². The summed E-state index contributed by atoms with van der Waals surface area (Å²) >= 11 is 0. The van der Waals surface area contributed by atoms with E-state index in [1.54, 1.807) is 36.5 Å². The number of amidine groups is 1. The van der Waals surface area contributed by atoms with Crippen molar-refractivity contribution in [2.75, 3.05) is 5.32 Å². The van der Waals surface area contributed by atoms with E-state index in [-0.39, 0.29) is 23.8 Å². The summed E-state index contributed by atoms with van der Waals surface area (Å²) in [6.07, 6.45) is 2.80. The van der Waals surface area contributed by atoms with E-state index in [9.17, 15) is 14.3 Å². The van der Waals surface area contributed by atoms with E-state index in [0.717, 1.165) is 5.56 Å². The normalized spacial score (nSPS) is 12.0. The lowest BCUT2D eigenvalue weighted by molar-refractivity contribution is -0.132. The Morgan fingerprint density at radius 3 is 2.65 bits per heavy atom. The lowest BCUT2D eigenvalue weighted by Gasteiger charge is -2.04. The number of anilines is 1. The lowest BCUT2D eigenvalue weighted by Crippen LogP contribution is -2.22. The molecule has 0 fully saturated rings. The van der Waals surface area contributed by atoms with Gasteiger partial charge in [0.25, 0.3) is 0 Å². The van der Waals surface area contributed by atoms with E-state index < -0.39 is 5.97 Å². The summed E-state index contributed by atoms with van der Waals surface area (Å²) in [5.41, 5.74) is 6.26. The molecule has 0 aliphatic rings. The Morgan fingerprint density at radius 1 is 1.30 bits per heavy atom. The molecule has 2 rings (SSSR count). The minimum absolute atomic E-state index is 0.134. The van der Waals surface area contributed by atoms with Crippen LogP contribution in [0.3, 0.4) is 0 Å². The molecule has 0 spiro atoms. The van der Waals surface area contributed by atoms with Crippen LogP contribution >= 0.6 is 0 Å². The van der Waals surface area contributed by atoms with Crippen molar-refractivity contribution in [1.29, 1.82) is 0 Å². The van der Waals surface area contributed by atoms with E-state index >= 15 is 0 Å². The summed E-state index contributed by atoms with van der Waals surface area (Å²) in [6, 6.07) is 10.9. The summed E-state index contributed by atoms with van der Waals surface area (Å²) in [5.74, 6) is -1.21. The van der Waals surface area contributed by atoms with Crippen LogP contribution < -0.4 is 11.1 Å². The molecule has 0 bridgehead atoms. The van der Waals surface area contributed by atoms with Crippen LogP contribution in [0.4, 0.5) is 10.2 Å². The van der Waals surface area contributed by atoms with Crippen molar-refractivity contribution < 1.29 is 14.3 Å². The number of hydrogen-bond donors (Lipinski definition) is 3. The Hall–Kier alpha value is -3.22. The van der Waals surface area contributed by atoms with Crippen LogP contribution in [0, 0.1) is 5.82 Å². The van der Waals surface area contributed by atoms with Crippen molar-refractivity contribution in [2.24, 2.45) is 10.7 Å². The third kappa shape index (κ3) is 4.92. The van der Waals surface area contributed by atoms with Crippen molar-refractivity contribution in [3.8, 4) is 0 Å². The zero-order valence-corrected chi connectivity index (χ0v) is 12.1. The van der Waals surface area contributed by atoms with Gasteiger partial charge in [-0.15, -0.1) is 0 Å². The number of carbonyl (C=O) groups is 1. The van der Waals surface area contributed by atoms with Gasteiger partial charge in [-0.1, -0.05) is 18.2 Å². The molecule has 118 valence electrons. The van der Waals surface area contributed by atoms with E-state index in [4.69, 9.17) is 5.73 Å². The minimum Gasteiger partial charge on any atom is -0.478 e. The van der Waals surface area contributed by atoms with Crippen LogP contribution in [0.15, 0.2) is 65.4 Å². The van der Waals surface area contributed by atoms with Gasteiger partial charge in [-0.05, 0) is 29.8 Å². The first kappa shape index (κ1) is 16.2. The van der Waals surface area contributed by atoms with Gasteiger partial charge in [0.1, 0.15) is 23.0 Å². The average molecular weight is 314 g/mol. The van der Waals surface area contributed by atoms with Crippen molar-refractivity contribution in [1.82, 2.24) is 4.98 Å². The number of pyridine rings is 1. The standard InChI is InChI=1S/C16H15FN4O2/c17-12-6-4-11(5-7-12)9-21-15(18)13(16(22)23)10-20-14-3-1-2-8-19-14/h1-8,10H,9H2,(H2,18,21)(H,19,20)(H,22,23)/b13-10+. The maximum atomic E-state index is 12.8. The van der Waals surface area contributed by atoms with E-state index in [0.29, 0.717) is 5.82 Å². The predicted octanol–water partition coefficient (Wildman–Crippen LogP) is 2.16. The molecule has 0 atom stereocenters. The van der Waals surface area contributed by atoms with Crippen LogP contribution in [-0.4, -0.2) is 21.9 Å². The topological polar surface area (TPSA) is 101 Å². The number of carboxylic acids is 1. The third-order valence-electron chi connectivity index (χ3n) is 2.88. The predicted molar refractivity (Wildman–Crippen MR) is 85.3 cm³/mol. The van der Waals surface area contributed by atoms with Gasteiger partial charge in [-0.2, -0.15) is 0 Å². The van der Waals surface area contributed by atoms with Crippen LogP contribution in [-0.2, 0) is 11.3 Å². The number of aliphatic carboxylic acids is 1. The maximum Gasteiger partial charge on any atom is 0.340 e. The molecular weight excluding hydrogens is 299 g/mol. The molecule has 0 aliphatic carbocycles. The number of hydrogen-bond acceptors (Lipinski definition) is 4. The van der Waals surface area contributed by atoms with Gasteiger partial charge in [0, 0.05) is 12.4 Å². The van der Waals surface area contributed by atoms with Crippen molar-refractivity contribution >= 4 is 17.6 Å². The molecule has 0 saturated heterocycles. The Kier molecular flexibility index (Phi) is 5.40. The number of rotatable bonds is 6. The number of nitrogens with two attached hydrogens (primary N) is 1. The largest absolute Gasteiger partial charge is 0.478 e. The highest BCUT2D eigenvalue weighted by atomic mass is 19.1. The maximum absolute atomic E-state index is 12.8. The molecule has 2 aromatic rings. The Balaban J connectivity index is 2.11. The molecule has 6 nitrogen and oxygen atoms in total. The molecule has 0 saturated carbocycles. The van der Waals surface area contributed by atoms with Gasteiger partial charge in [0.15, 0.2) is 0 Å². The highest BCUT2D eigenvalue weighted by molar-refractivity contribution is 6.17. The van der Waals surface area contributed by atoms with Crippen LogP contribution in [0.5, 0.6) is 0 Å². The van der Waals surface area contributed by atoms with E-state index in [1.807, 2.05) is 0 Å². The Morgan fingerprint density at radius 2 is 2.04 bits per heavy atom. The molecule has 0 unspecified atom stereocenters. The molecule has 23 heavy (non-hydrogen) atoms. The van der Waals surface area contributed by atoms with Crippen LogP contribution in [0.1, 0.15) is 5.56 Å².